The van der Waals surface area contributed by atoms with E-state index in [1.165, 1.54) is 11.1 Å². The Kier molecular flexibility index (Phi) is 5.32. The zero-order valence-corrected chi connectivity index (χ0v) is 16.0. The van der Waals surface area contributed by atoms with Gasteiger partial charge < -0.3 is 4.42 Å². The van der Waals surface area contributed by atoms with Gasteiger partial charge in [-0.25, -0.2) is 0 Å². The molecule has 1 unspecified atom stereocenters. The van der Waals surface area contributed by atoms with Crippen LogP contribution in [0.15, 0.2) is 59.0 Å². The van der Waals surface area contributed by atoms with Crippen LogP contribution in [0.3, 0.4) is 0 Å². The Bertz CT molecular complexity index is 852. The number of piperazine rings is 1. The Morgan fingerprint density at radius 2 is 1.63 bits per heavy atom. The smallest absolute Gasteiger partial charge is 0.247 e. The second-order valence-electron chi connectivity index (χ2n) is 7.29. The molecule has 0 N–H and O–H groups in total. The van der Waals surface area contributed by atoms with Gasteiger partial charge in [0.15, 0.2) is 0 Å². The van der Waals surface area contributed by atoms with Crippen molar-refractivity contribution in [2.75, 3.05) is 26.2 Å². The number of nitrogens with zero attached hydrogens (tertiary/aromatic N) is 4. The molecule has 27 heavy (non-hydrogen) atoms. The molecule has 0 bridgehead atoms. The number of aryl methyl sites for hydroxylation is 1. The monoisotopic (exact) mass is 362 g/mol. The molecule has 1 aliphatic heterocycles. The van der Waals surface area contributed by atoms with Gasteiger partial charge in [0.2, 0.25) is 11.8 Å². The highest BCUT2D eigenvalue weighted by Gasteiger charge is 2.25. The lowest BCUT2D eigenvalue weighted by Gasteiger charge is -2.36. The molecule has 5 heteroatoms. The van der Waals surface area contributed by atoms with Crippen molar-refractivity contribution >= 4 is 0 Å². The van der Waals surface area contributed by atoms with Gasteiger partial charge in [-0.1, -0.05) is 48.0 Å². The minimum atomic E-state index is 0.135. The van der Waals surface area contributed by atoms with Crippen LogP contribution in [0.1, 0.15) is 30.0 Å². The topological polar surface area (TPSA) is 45.4 Å². The summed E-state index contributed by atoms with van der Waals surface area (Å²) in [6, 6.07) is 19.0. The van der Waals surface area contributed by atoms with Crippen LogP contribution in [0.2, 0.25) is 0 Å². The van der Waals surface area contributed by atoms with Crippen molar-refractivity contribution < 1.29 is 4.42 Å². The van der Waals surface area contributed by atoms with Gasteiger partial charge >= 0.3 is 0 Å². The number of hydrogen-bond acceptors (Lipinski definition) is 5. The van der Waals surface area contributed by atoms with E-state index in [0.717, 1.165) is 38.3 Å². The lowest BCUT2D eigenvalue weighted by Crippen LogP contribution is -2.46. The quantitative estimate of drug-likeness (QED) is 0.688. The number of rotatable bonds is 5. The summed E-state index contributed by atoms with van der Waals surface area (Å²) in [6.45, 7) is 9.37. The van der Waals surface area contributed by atoms with Gasteiger partial charge in [-0.3, -0.25) is 9.80 Å². The third-order valence-electron chi connectivity index (χ3n) is 5.30. The van der Waals surface area contributed by atoms with E-state index in [1.54, 1.807) is 0 Å². The van der Waals surface area contributed by atoms with E-state index in [4.69, 9.17) is 4.42 Å². The van der Waals surface area contributed by atoms with Crippen LogP contribution in [0, 0.1) is 6.92 Å². The Morgan fingerprint density at radius 1 is 0.926 bits per heavy atom. The van der Waals surface area contributed by atoms with Crippen molar-refractivity contribution in [2.45, 2.75) is 26.4 Å². The average Bonchev–Trinajstić information content (AvgIpc) is 3.20. The molecule has 1 aliphatic rings. The highest BCUT2D eigenvalue weighted by atomic mass is 16.4. The van der Waals surface area contributed by atoms with E-state index in [-0.39, 0.29) is 6.04 Å². The minimum Gasteiger partial charge on any atom is -0.419 e. The van der Waals surface area contributed by atoms with Gasteiger partial charge in [0, 0.05) is 38.3 Å². The van der Waals surface area contributed by atoms with Crippen LogP contribution in [0.4, 0.5) is 0 Å². The average molecular weight is 362 g/mol. The molecule has 0 radical (unpaired) electrons. The van der Waals surface area contributed by atoms with Crippen LogP contribution < -0.4 is 0 Å². The summed E-state index contributed by atoms with van der Waals surface area (Å²) in [5, 5.41) is 8.55. The maximum absolute atomic E-state index is 5.97. The molecule has 4 rings (SSSR count). The summed E-state index contributed by atoms with van der Waals surface area (Å²) in [7, 11) is 0. The molecule has 1 saturated heterocycles. The summed E-state index contributed by atoms with van der Waals surface area (Å²) in [5.41, 5.74) is 3.57. The van der Waals surface area contributed by atoms with Crippen LogP contribution in [0.25, 0.3) is 11.5 Å². The summed E-state index contributed by atoms with van der Waals surface area (Å²) < 4.78 is 5.97. The normalized spacial score (nSPS) is 17.1. The van der Waals surface area contributed by atoms with Crippen LogP contribution in [-0.4, -0.2) is 46.2 Å². The molecule has 2 heterocycles. The van der Waals surface area contributed by atoms with Gasteiger partial charge in [0.25, 0.3) is 0 Å². The van der Waals surface area contributed by atoms with E-state index in [2.05, 4.69) is 76.3 Å². The molecule has 3 aromatic rings. The molecule has 0 saturated carbocycles. The predicted molar refractivity (Wildman–Crippen MR) is 106 cm³/mol. The van der Waals surface area contributed by atoms with Gasteiger partial charge in [-0.15, -0.1) is 10.2 Å². The molecule has 1 aromatic heterocycles. The molecule has 5 nitrogen and oxygen atoms in total. The van der Waals surface area contributed by atoms with Crippen molar-refractivity contribution in [3.05, 3.63) is 71.6 Å². The SMILES string of the molecule is Cc1ccc(-c2nnc(C(C)N3CCN(Cc4ccccc4)CC3)o2)cc1. The van der Waals surface area contributed by atoms with Crippen molar-refractivity contribution in [1.29, 1.82) is 0 Å². The van der Waals surface area contributed by atoms with E-state index in [1.807, 2.05) is 12.1 Å². The molecule has 2 aromatic carbocycles. The Balaban J connectivity index is 1.35. The van der Waals surface area contributed by atoms with E-state index in [9.17, 15) is 0 Å². The fraction of sp³-hybridized carbons (Fsp3) is 0.364. The zero-order chi connectivity index (χ0) is 18.6. The first kappa shape index (κ1) is 17.9. The molecule has 0 spiro atoms. The van der Waals surface area contributed by atoms with Gasteiger partial charge in [-0.2, -0.15) is 0 Å². The lowest BCUT2D eigenvalue weighted by molar-refractivity contribution is 0.0876. The van der Waals surface area contributed by atoms with Crippen molar-refractivity contribution in [2.24, 2.45) is 0 Å². The third kappa shape index (κ3) is 4.26. The molecule has 1 atom stereocenters. The second kappa shape index (κ2) is 8.03. The molecule has 1 fully saturated rings. The summed E-state index contributed by atoms with van der Waals surface area (Å²) >= 11 is 0. The van der Waals surface area contributed by atoms with Crippen molar-refractivity contribution in [3.63, 3.8) is 0 Å². The number of aromatic nitrogens is 2. The molecular formula is C22H26N4O. The van der Waals surface area contributed by atoms with E-state index < -0.39 is 0 Å². The molecular weight excluding hydrogens is 336 g/mol. The van der Waals surface area contributed by atoms with Crippen molar-refractivity contribution in [3.8, 4) is 11.5 Å². The van der Waals surface area contributed by atoms with Gasteiger partial charge in [0.1, 0.15) is 0 Å². The fourth-order valence-electron chi connectivity index (χ4n) is 3.52. The van der Waals surface area contributed by atoms with Crippen LogP contribution in [-0.2, 0) is 6.54 Å². The first-order valence-corrected chi connectivity index (χ1v) is 9.60. The second-order valence-corrected chi connectivity index (χ2v) is 7.29. The fourth-order valence-corrected chi connectivity index (χ4v) is 3.52. The lowest BCUT2D eigenvalue weighted by atomic mass is 10.1. The summed E-state index contributed by atoms with van der Waals surface area (Å²) in [6.07, 6.45) is 0. The minimum absolute atomic E-state index is 0.135. The van der Waals surface area contributed by atoms with Gasteiger partial charge in [0.05, 0.1) is 6.04 Å². The summed E-state index contributed by atoms with van der Waals surface area (Å²) in [4.78, 5) is 4.93. The maximum Gasteiger partial charge on any atom is 0.247 e. The number of hydrogen-bond donors (Lipinski definition) is 0. The largest absolute Gasteiger partial charge is 0.419 e. The zero-order valence-electron chi connectivity index (χ0n) is 16.0. The van der Waals surface area contributed by atoms with E-state index >= 15 is 0 Å². The van der Waals surface area contributed by atoms with Crippen molar-refractivity contribution in [1.82, 2.24) is 20.0 Å². The van der Waals surface area contributed by atoms with Crippen LogP contribution >= 0.6 is 0 Å². The summed E-state index contributed by atoms with van der Waals surface area (Å²) in [5.74, 6) is 1.29. The first-order valence-electron chi connectivity index (χ1n) is 9.60. The Morgan fingerprint density at radius 3 is 2.33 bits per heavy atom. The highest BCUT2D eigenvalue weighted by molar-refractivity contribution is 5.52. The predicted octanol–water partition coefficient (Wildman–Crippen LogP) is 3.92. The third-order valence-corrected chi connectivity index (χ3v) is 5.30. The molecule has 0 aliphatic carbocycles. The molecule has 140 valence electrons. The van der Waals surface area contributed by atoms with Gasteiger partial charge in [-0.05, 0) is 31.5 Å². The number of benzene rings is 2. The van der Waals surface area contributed by atoms with E-state index in [0.29, 0.717) is 11.8 Å². The highest BCUT2D eigenvalue weighted by Crippen LogP contribution is 2.25. The Hall–Kier alpha value is -2.50. The maximum atomic E-state index is 5.97. The van der Waals surface area contributed by atoms with Crippen LogP contribution in [0.5, 0.6) is 0 Å². The molecule has 0 amide bonds. The first-order chi connectivity index (χ1) is 13.2. The Labute approximate surface area is 160 Å². The standard InChI is InChI=1S/C22H26N4O/c1-17-8-10-20(11-9-17)22-24-23-21(27-22)18(2)26-14-12-25(13-15-26)16-19-6-4-3-5-7-19/h3-11,18H,12-16H2,1-2H3.